The van der Waals surface area contributed by atoms with Crippen molar-refractivity contribution in [2.24, 2.45) is 5.73 Å². The number of carbonyl (C=O) groups is 1. The van der Waals surface area contributed by atoms with Crippen LogP contribution >= 0.6 is 0 Å². The van der Waals surface area contributed by atoms with E-state index >= 15 is 0 Å². The Hall–Kier alpha value is -3.67. The zero-order chi connectivity index (χ0) is 28.3. The van der Waals surface area contributed by atoms with Crippen molar-refractivity contribution < 1.29 is 18.3 Å². The van der Waals surface area contributed by atoms with Crippen LogP contribution in [0, 0.1) is 0 Å². The molecule has 2 aromatic carbocycles. The number of aromatic nitrogens is 1. The summed E-state index contributed by atoms with van der Waals surface area (Å²) in [6, 6.07) is 16.1. The number of rotatable bonds is 15. The van der Waals surface area contributed by atoms with E-state index in [2.05, 4.69) is 21.9 Å². The van der Waals surface area contributed by atoms with Crippen molar-refractivity contribution in [2.75, 3.05) is 35.0 Å². The molecule has 11 heteroatoms. The summed E-state index contributed by atoms with van der Waals surface area (Å²) in [7, 11) is -3.81. The van der Waals surface area contributed by atoms with Crippen LogP contribution in [0.4, 0.5) is 22.0 Å². The van der Waals surface area contributed by atoms with Gasteiger partial charge in [0.1, 0.15) is 5.82 Å². The van der Waals surface area contributed by atoms with Gasteiger partial charge in [-0.15, -0.1) is 0 Å². The summed E-state index contributed by atoms with van der Waals surface area (Å²) >= 11 is 0. The van der Waals surface area contributed by atoms with Gasteiger partial charge in [0.05, 0.1) is 11.0 Å². The van der Waals surface area contributed by atoms with Crippen LogP contribution in [0.3, 0.4) is 0 Å². The predicted octanol–water partition coefficient (Wildman–Crippen LogP) is 3.80. The molecule has 3 aromatic rings. The highest BCUT2D eigenvalue weighted by molar-refractivity contribution is 7.92. The number of carbonyl (C=O) groups excluding carboxylic acids is 1. The number of anilines is 3. The second kappa shape index (κ2) is 14.5. The Morgan fingerprint density at radius 2 is 1.74 bits per heavy atom. The lowest BCUT2D eigenvalue weighted by molar-refractivity contribution is 0.175. The number of primary amides is 1. The Balaban J connectivity index is 1.50. The smallest absolute Gasteiger partial charge is 0.319 e. The highest BCUT2D eigenvalue weighted by Gasteiger charge is 2.17. The van der Waals surface area contributed by atoms with Crippen LogP contribution in [0.2, 0.25) is 0 Å². The summed E-state index contributed by atoms with van der Waals surface area (Å²) in [6.07, 6.45) is 5.57. The van der Waals surface area contributed by atoms with Crippen LogP contribution in [0.1, 0.15) is 49.8 Å². The van der Waals surface area contributed by atoms with Crippen LogP contribution in [0.15, 0.2) is 71.8 Å². The molecular formula is C28H38N6O4S. The van der Waals surface area contributed by atoms with E-state index in [-0.39, 0.29) is 4.90 Å². The van der Waals surface area contributed by atoms with Crippen LogP contribution in [0.5, 0.6) is 0 Å². The van der Waals surface area contributed by atoms with Crippen molar-refractivity contribution in [1.82, 2.24) is 10.3 Å². The number of hydrogen-bond acceptors (Lipinski definition) is 7. The van der Waals surface area contributed by atoms with Gasteiger partial charge in [-0.3, -0.25) is 9.62 Å². The van der Waals surface area contributed by atoms with Crippen molar-refractivity contribution in [3.63, 3.8) is 0 Å². The van der Waals surface area contributed by atoms with E-state index in [1.165, 1.54) is 17.0 Å². The van der Waals surface area contributed by atoms with Gasteiger partial charge in [-0.05, 0) is 67.4 Å². The SMILES string of the molecule is CCCCCCN(C(N)=O)c1ccc(S(=O)(=O)Nc2ccc(CCNCC(O)c3ccc(N)nc3)cc2)cc1. The van der Waals surface area contributed by atoms with E-state index in [1.54, 1.807) is 42.6 Å². The number of aliphatic hydroxyl groups excluding tert-OH is 1. The van der Waals surface area contributed by atoms with Crippen LogP contribution in [-0.4, -0.2) is 44.2 Å². The summed E-state index contributed by atoms with van der Waals surface area (Å²) < 4.78 is 28.4. The molecule has 3 rings (SSSR count). The highest BCUT2D eigenvalue weighted by atomic mass is 32.2. The first kappa shape index (κ1) is 29.9. The largest absolute Gasteiger partial charge is 0.387 e. The number of nitrogen functional groups attached to an aromatic ring is 1. The Bertz CT molecular complexity index is 1280. The lowest BCUT2D eigenvalue weighted by Gasteiger charge is -2.21. The third-order valence-corrected chi connectivity index (χ3v) is 7.69. The van der Waals surface area contributed by atoms with Gasteiger partial charge in [0.15, 0.2) is 0 Å². The molecule has 0 saturated heterocycles. The van der Waals surface area contributed by atoms with Gasteiger partial charge in [-0.25, -0.2) is 18.2 Å². The van der Waals surface area contributed by atoms with Crippen LogP contribution in [0.25, 0.3) is 0 Å². The minimum atomic E-state index is -3.81. The van der Waals surface area contributed by atoms with Gasteiger partial charge >= 0.3 is 6.03 Å². The van der Waals surface area contributed by atoms with Crippen molar-refractivity contribution in [2.45, 2.75) is 50.0 Å². The van der Waals surface area contributed by atoms with E-state index < -0.39 is 22.2 Å². The second-order valence-corrected chi connectivity index (χ2v) is 11.0. The average molecular weight is 555 g/mol. The molecule has 7 N–H and O–H groups in total. The fourth-order valence-electron chi connectivity index (χ4n) is 4.03. The number of nitrogens with one attached hydrogen (secondary N) is 2. The number of sulfonamides is 1. The van der Waals surface area contributed by atoms with Gasteiger partial charge in [0.25, 0.3) is 10.0 Å². The van der Waals surface area contributed by atoms with Gasteiger partial charge in [-0.2, -0.15) is 0 Å². The average Bonchev–Trinajstić information content (AvgIpc) is 2.92. The molecule has 0 aliphatic carbocycles. The normalized spacial score (nSPS) is 12.2. The number of unbranched alkanes of at least 4 members (excludes halogenated alkanes) is 3. The van der Waals surface area contributed by atoms with Crippen molar-refractivity contribution in [3.8, 4) is 0 Å². The highest BCUT2D eigenvalue weighted by Crippen LogP contribution is 2.22. The topological polar surface area (TPSA) is 164 Å². The number of urea groups is 1. The van der Waals surface area contributed by atoms with Crippen molar-refractivity contribution >= 4 is 33.2 Å². The Kier molecular flexibility index (Phi) is 11.1. The fraction of sp³-hybridized carbons (Fsp3) is 0.357. The molecule has 1 unspecified atom stereocenters. The van der Waals surface area contributed by atoms with E-state index in [9.17, 15) is 18.3 Å². The maximum Gasteiger partial charge on any atom is 0.319 e. The molecule has 0 radical (unpaired) electrons. The summed E-state index contributed by atoms with van der Waals surface area (Å²) in [4.78, 5) is 17.4. The Morgan fingerprint density at radius 3 is 2.36 bits per heavy atom. The number of benzene rings is 2. The van der Waals surface area contributed by atoms with Crippen LogP contribution < -0.4 is 26.4 Å². The zero-order valence-electron chi connectivity index (χ0n) is 22.2. The lowest BCUT2D eigenvalue weighted by Crippen LogP contribution is -2.36. The third-order valence-electron chi connectivity index (χ3n) is 6.29. The molecule has 0 bridgehead atoms. The first-order valence-corrected chi connectivity index (χ1v) is 14.6. The number of pyridine rings is 1. The number of amides is 2. The van der Waals surface area contributed by atoms with E-state index in [1.807, 2.05) is 12.1 Å². The molecule has 1 heterocycles. The van der Waals surface area contributed by atoms with E-state index in [0.29, 0.717) is 48.8 Å². The first-order chi connectivity index (χ1) is 18.7. The Morgan fingerprint density at radius 1 is 1.03 bits per heavy atom. The monoisotopic (exact) mass is 554 g/mol. The molecule has 2 amide bonds. The van der Waals surface area contributed by atoms with Crippen molar-refractivity contribution in [3.05, 3.63) is 78.0 Å². The molecule has 10 nitrogen and oxygen atoms in total. The molecule has 0 aliphatic rings. The molecule has 1 atom stereocenters. The number of hydrogen-bond donors (Lipinski definition) is 5. The van der Waals surface area contributed by atoms with Crippen molar-refractivity contribution in [1.29, 1.82) is 0 Å². The van der Waals surface area contributed by atoms with E-state index in [0.717, 1.165) is 31.2 Å². The van der Waals surface area contributed by atoms with Gasteiger partial charge < -0.3 is 21.9 Å². The quantitative estimate of drug-likeness (QED) is 0.178. The minimum absolute atomic E-state index is 0.0878. The molecule has 39 heavy (non-hydrogen) atoms. The molecule has 0 saturated carbocycles. The summed E-state index contributed by atoms with van der Waals surface area (Å²) in [6.45, 7) is 3.61. The minimum Gasteiger partial charge on any atom is -0.387 e. The number of nitrogens with zero attached hydrogens (tertiary/aromatic N) is 2. The van der Waals surface area contributed by atoms with Gasteiger partial charge in [-0.1, -0.05) is 44.4 Å². The Labute approximate surface area is 230 Å². The standard InChI is InChI=1S/C28H38N6O4S/c1-2-3-4-5-18-34(28(30)36)24-11-13-25(14-12-24)39(37,38)33-23-9-6-21(7-10-23)16-17-31-20-26(35)22-8-15-27(29)32-19-22/h6-15,19,26,31,33,35H,2-5,16-18,20H2,1H3,(H2,29,32)(H2,30,36). The number of nitrogens with two attached hydrogens (primary N) is 2. The maximum atomic E-state index is 12.9. The van der Waals surface area contributed by atoms with Gasteiger partial charge in [0, 0.05) is 36.2 Å². The van der Waals surface area contributed by atoms with E-state index in [4.69, 9.17) is 11.5 Å². The summed E-state index contributed by atoms with van der Waals surface area (Å²) in [5.74, 6) is 0.405. The molecule has 1 aromatic heterocycles. The summed E-state index contributed by atoms with van der Waals surface area (Å²) in [5, 5.41) is 13.4. The number of aliphatic hydroxyl groups is 1. The molecule has 0 spiro atoms. The summed E-state index contributed by atoms with van der Waals surface area (Å²) in [5.41, 5.74) is 13.8. The maximum absolute atomic E-state index is 12.9. The van der Waals surface area contributed by atoms with Gasteiger partial charge in [0.2, 0.25) is 0 Å². The third kappa shape index (κ3) is 9.24. The predicted molar refractivity (Wildman–Crippen MR) is 155 cm³/mol. The fourth-order valence-corrected chi connectivity index (χ4v) is 5.08. The first-order valence-electron chi connectivity index (χ1n) is 13.1. The van der Waals surface area contributed by atoms with Crippen LogP contribution in [-0.2, 0) is 16.4 Å². The lowest BCUT2D eigenvalue weighted by atomic mass is 10.1. The molecule has 0 aliphatic heterocycles. The molecular weight excluding hydrogens is 516 g/mol. The second-order valence-electron chi connectivity index (χ2n) is 9.33. The molecule has 210 valence electrons. The zero-order valence-corrected chi connectivity index (χ0v) is 23.0. The molecule has 0 fully saturated rings.